The van der Waals surface area contributed by atoms with Gasteiger partial charge in [0.25, 0.3) is 5.91 Å². The molecule has 0 bridgehead atoms. The number of nitrogens with one attached hydrogen (secondary N) is 3. The highest BCUT2D eigenvalue weighted by molar-refractivity contribution is 5.94. The summed E-state index contributed by atoms with van der Waals surface area (Å²) in [5.41, 5.74) is 1.76. The molecular formula is C22H30N4O2. The third-order valence-electron chi connectivity index (χ3n) is 4.12. The van der Waals surface area contributed by atoms with Gasteiger partial charge >= 0.3 is 0 Å². The quantitative estimate of drug-likeness (QED) is 0.336. The fourth-order valence-electron chi connectivity index (χ4n) is 2.52. The second-order valence-corrected chi connectivity index (χ2v) is 6.32. The minimum absolute atomic E-state index is 0.0242. The molecule has 0 heterocycles. The van der Waals surface area contributed by atoms with Gasteiger partial charge in [-0.3, -0.25) is 9.79 Å². The van der Waals surface area contributed by atoms with E-state index in [1.165, 1.54) is 0 Å². The van der Waals surface area contributed by atoms with Gasteiger partial charge in [-0.15, -0.1) is 0 Å². The largest absolute Gasteiger partial charge is 0.492 e. The first kappa shape index (κ1) is 21.3. The molecule has 2 aromatic carbocycles. The monoisotopic (exact) mass is 382 g/mol. The summed E-state index contributed by atoms with van der Waals surface area (Å²) in [6, 6.07) is 17.3. The summed E-state index contributed by atoms with van der Waals surface area (Å²) in [5.74, 6) is 1.54. The predicted octanol–water partition coefficient (Wildman–Crippen LogP) is 2.96. The van der Waals surface area contributed by atoms with Crippen LogP contribution in [0.3, 0.4) is 0 Å². The normalized spacial score (nSPS) is 11.0. The van der Waals surface area contributed by atoms with Crippen LogP contribution in [-0.2, 0) is 6.54 Å². The molecule has 2 aromatic rings. The van der Waals surface area contributed by atoms with E-state index in [0.717, 1.165) is 24.2 Å². The van der Waals surface area contributed by atoms with Gasteiger partial charge in [-0.05, 0) is 36.2 Å². The molecule has 28 heavy (non-hydrogen) atoms. The first-order valence-electron chi connectivity index (χ1n) is 9.72. The van der Waals surface area contributed by atoms with E-state index in [1.807, 2.05) is 54.6 Å². The van der Waals surface area contributed by atoms with E-state index in [9.17, 15) is 4.79 Å². The van der Waals surface area contributed by atoms with Crippen LogP contribution in [-0.4, -0.2) is 38.6 Å². The Bertz CT molecular complexity index is 730. The standard InChI is InChI=1S/C22H30N4O2/c1-3-4-14-24-21(27)19-12-10-18(11-13-19)17-26-22(23-2)25-15-16-28-20-8-6-5-7-9-20/h5-13H,3-4,14-17H2,1-2H3,(H,24,27)(H2,23,25,26). The second-order valence-electron chi connectivity index (χ2n) is 6.32. The molecule has 0 fully saturated rings. The van der Waals surface area contributed by atoms with Crippen LogP contribution in [0, 0.1) is 0 Å². The Morgan fingerprint density at radius 3 is 2.39 bits per heavy atom. The topological polar surface area (TPSA) is 74.8 Å². The van der Waals surface area contributed by atoms with E-state index in [2.05, 4.69) is 27.9 Å². The van der Waals surface area contributed by atoms with Gasteiger partial charge < -0.3 is 20.7 Å². The highest BCUT2D eigenvalue weighted by Gasteiger charge is 2.05. The summed E-state index contributed by atoms with van der Waals surface area (Å²) in [7, 11) is 1.73. The van der Waals surface area contributed by atoms with Crippen LogP contribution < -0.4 is 20.7 Å². The van der Waals surface area contributed by atoms with Crippen LogP contribution in [0.1, 0.15) is 35.7 Å². The van der Waals surface area contributed by atoms with E-state index < -0.39 is 0 Å². The van der Waals surface area contributed by atoms with Crippen molar-refractivity contribution < 1.29 is 9.53 Å². The molecule has 2 rings (SSSR count). The van der Waals surface area contributed by atoms with Crippen molar-refractivity contribution in [1.82, 2.24) is 16.0 Å². The average molecular weight is 383 g/mol. The lowest BCUT2D eigenvalue weighted by molar-refractivity contribution is 0.0953. The number of hydrogen-bond acceptors (Lipinski definition) is 3. The second kappa shape index (κ2) is 12.4. The van der Waals surface area contributed by atoms with Gasteiger partial charge in [-0.2, -0.15) is 0 Å². The minimum atomic E-state index is -0.0242. The summed E-state index contributed by atoms with van der Waals surface area (Å²) >= 11 is 0. The Labute approximate surface area is 167 Å². The first-order valence-corrected chi connectivity index (χ1v) is 9.72. The van der Waals surface area contributed by atoms with Gasteiger partial charge in [0.1, 0.15) is 12.4 Å². The smallest absolute Gasteiger partial charge is 0.251 e. The molecule has 0 aliphatic carbocycles. The number of amides is 1. The number of nitrogens with zero attached hydrogens (tertiary/aromatic N) is 1. The Morgan fingerprint density at radius 1 is 0.964 bits per heavy atom. The van der Waals surface area contributed by atoms with Crippen molar-refractivity contribution in [3.05, 3.63) is 65.7 Å². The van der Waals surface area contributed by atoms with Crippen molar-refractivity contribution in [3.63, 3.8) is 0 Å². The molecule has 0 spiro atoms. The number of carbonyl (C=O) groups excluding carboxylic acids is 1. The van der Waals surface area contributed by atoms with Crippen molar-refractivity contribution in [2.45, 2.75) is 26.3 Å². The fraction of sp³-hybridized carbons (Fsp3) is 0.364. The minimum Gasteiger partial charge on any atom is -0.492 e. The number of ether oxygens (including phenoxy) is 1. The fourth-order valence-corrected chi connectivity index (χ4v) is 2.52. The maximum atomic E-state index is 12.0. The van der Waals surface area contributed by atoms with Crippen LogP contribution in [0.25, 0.3) is 0 Å². The Kier molecular flexibility index (Phi) is 9.41. The number of hydrogen-bond donors (Lipinski definition) is 3. The molecule has 150 valence electrons. The number of benzene rings is 2. The highest BCUT2D eigenvalue weighted by atomic mass is 16.5. The number of unbranched alkanes of at least 4 members (excludes halogenated alkanes) is 1. The number of rotatable bonds is 10. The third kappa shape index (κ3) is 7.70. The van der Waals surface area contributed by atoms with E-state index >= 15 is 0 Å². The van der Waals surface area contributed by atoms with Crippen LogP contribution in [0.2, 0.25) is 0 Å². The molecule has 3 N–H and O–H groups in total. The first-order chi connectivity index (χ1) is 13.7. The van der Waals surface area contributed by atoms with Gasteiger partial charge in [-0.25, -0.2) is 0 Å². The lowest BCUT2D eigenvalue weighted by atomic mass is 10.1. The van der Waals surface area contributed by atoms with Gasteiger partial charge in [0.15, 0.2) is 5.96 Å². The van der Waals surface area contributed by atoms with Gasteiger partial charge in [0.2, 0.25) is 0 Å². The third-order valence-corrected chi connectivity index (χ3v) is 4.12. The lowest BCUT2D eigenvalue weighted by Crippen LogP contribution is -2.38. The summed E-state index contributed by atoms with van der Waals surface area (Å²) in [4.78, 5) is 16.2. The van der Waals surface area contributed by atoms with Gasteiger partial charge in [-0.1, -0.05) is 43.7 Å². The summed E-state index contributed by atoms with van der Waals surface area (Å²) < 4.78 is 5.65. The molecule has 0 saturated heterocycles. The predicted molar refractivity (Wildman–Crippen MR) is 114 cm³/mol. The number of carbonyl (C=O) groups is 1. The van der Waals surface area contributed by atoms with Gasteiger partial charge in [0, 0.05) is 25.7 Å². The molecule has 1 amide bonds. The van der Waals surface area contributed by atoms with Gasteiger partial charge in [0.05, 0.1) is 6.54 Å². The number of guanidine groups is 1. The summed E-state index contributed by atoms with van der Waals surface area (Å²) in [5, 5.41) is 9.40. The van der Waals surface area contributed by atoms with E-state index in [-0.39, 0.29) is 5.91 Å². The maximum absolute atomic E-state index is 12.0. The molecule has 0 aromatic heterocycles. The molecule has 0 aliphatic rings. The molecule has 6 heteroatoms. The van der Waals surface area contributed by atoms with E-state index in [1.54, 1.807) is 7.05 Å². The van der Waals surface area contributed by atoms with Crippen molar-refractivity contribution in [3.8, 4) is 5.75 Å². The Morgan fingerprint density at radius 2 is 1.71 bits per heavy atom. The van der Waals surface area contributed by atoms with Crippen LogP contribution in [0.5, 0.6) is 5.75 Å². The molecule has 6 nitrogen and oxygen atoms in total. The SMILES string of the molecule is CCCCNC(=O)c1ccc(CNC(=NC)NCCOc2ccccc2)cc1. The highest BCUT2D eigenvalue weighted by Crippen LogP contribution is 2.07. The lowest BCUT2D eigenvalue weighted by Gasteiger charge is -2.13. The van der Waals surface area contributed by atoms with Crippen LogP contribution in [0.15, 0.2) is 59.6 Å². The Hall–Kier alpha value is -3.02. The molecule has 0 aliphatic heterocycles. The summed E-state index contributed by atoms with van der Waals surface area (Å²) in [6.07, 6.45) is 2.06. The van der Waals surface area contributed by atoms with Crippen molar-refractivity contribution in [1.29, 1.82) is 0 Å². The van der Waals surface area contributed by atoms with Crippen molar-refractivity contribution >= 4 is 11.9 Å². The Balaban J connectivity index is 1.70. The molecular weight excluding hydrogens is 352 g/mol. The summed E-state index contributed by atoms with van der Waals surface area (Å²) in [6.45, 7) is 4.64. The molecule has 0 atom stereocenters. The average Bonchev–Trinajstić information content (AvgIpc) is 2.74. The number of aliphatic imine (C=N–C) groups is 1. The zero-order valence-corrected chi connectivity index (χ0v) is 16.7. The van der Waals surface area contributed by atoms with E-state index in [4.69, 9.17) is 4.74 Å². The van der Waals surface area contributed by atoms with E-state index in [0.29, 0.717) is 37.8 Å². The molecule has 0 radical (unpaired) electrons. The zero-order valence-electron chi connectivity index (χ0n) is 16.7. The zero-order chi connectivity index (χ0) is 20.0. The molecule has 0 saturated carbocycles. The van der Waals surface area contributed by atoms with Crippen LogP contribution >= 0.6 is 0 Å². The number of para-hydroxylation sites is 1. The van der Waals surface area contributed by atoms with Crippen molar-refractivity contribution in [2.24, 2.45) is 4.99 Å². The maximum Gasteiger partial charge on any atom is 0.251 e. The van der Waals surface area contributed by atoms with Crippen LogP contribution in [0.4, 0.5) is 0 Å². The molecule has 0 unspecified atom stereocenters. The van der Waals surface area contributed by atoms with Crippen molar-refractivity contribution in [2.75, 3.05) is 26.7 Å².